The highest BCUT2D eigenvalue weighted by Crippen LogP contribution is 2.20. The lowest BCUT2D eigenvalue weighted by Crippen LogP contribution is -2.51. The van der Waals surface area contributed by atoms with Gasteiger partial charge in [0, 0.05) is 30.8 Å². The summed E-state index contributed by atoms with van der Waals surface area (Å²) in [5, 5.41) is 2.95. The number of thioether (sulfide) groups is 1. The number of nitrogens with zero attached hydrogens (tertiary/aromatic N) is 1. The van der Waals surface area contributed by atoms with Crippen LogP contribution >= 0.6 is 11.8 Å². The van der Waals surface area contributed by atoms with Crippen LogP contribution in [0, 0.1) is 19.7 Å². The maximum Gasteiger partial charge on any atom is 0.243 e. The van der Waals surface area contributed by atoms with Crippen molar-refractivity contribution in [3.63, 3.8) is 0 Å². The van der Waals surface area contributed by atoms with Crippen molar-refractivity contribution in [2.24, 2.45) is 0 Å². The van der Waals surface area contributed by atoms with Crippen LogP contribution < -0.4 is 5.32 Å². The van der Waals surface area contributed by atoms with Crippen molar-refractivity contribution in [3.05, 3.63) is 106 Å². The first kappa shape index (κ1) is 27.5. The summed E-state index contributed by atoms with van der Waals surface area (Å²) in [5.74, 6) is 0.108. The van der Waals surface area contributed by atoms with E-state index in [1.165, 1.54) is 29.0 Å². The van der Waals surface area contributed by atoms with Gasteiger partial charge in [0.1, 0.15) is 11.9 Å². The number of carbonyl (C=O) groups excluding carboxylic acids is 2. The van der Waals surface area contributed by atoms with Crippen LogP contribution in [0.4, 0.5) is 4.39 Å². The Morgan fingerprint density at radius 2 is 1.61 bits per heavy atom. The van der Waals surface area contributed by atoms with E-state index in [0.717, 1.165) is 17.5 Å². The number of halogens is 1. The molecule has 3 aromatic rings. The number of nitrogens with one attached hydrogen (secondary N) is 1. The molecule has 0 bridgehead atoms. The van der Waals surface area contributed by atoms with Gasteiger partial charge >= 0.3 is 0 Å². The minimum Gasteiger partial charge on any atom is -0.354 e. The zero-order chi connectivity index (χ0) is 25.9. The third kappa shape index (κ3) is 8.23. The van der Waals surface area contributed by atoms with Crippen molar-refractivity contribution in [2.75, 3.05) is 12.3 Å². The van der Waals surface area contributed by atoms with Gasteiger partial charge in [-0.1, -0.05) is 84.8 Å². The molecule has 3 rings (SSSR count). The number of aryl methyl sites for hydroxylation is 2. The van der Waals surface area contributed by atoms with Gasteiger partial charge in [0.15, 0.2) is 0 Å². The summed E-state index contributed by atoms with van der Waals surface area (Å²) in [6.07, 6.45) is 1.15. The lowest BCUT2D eigenvalue weighted by molar-refractivity contribution is -0.139. The minimum absolute atomic E-state index is 0.0344. The maximum atomic E-state index is 14.6. The largest absolute Gasteiger partial charge is 0.354 e. The topological polar surface area (TPSA) is 49.4 Å². The summed E-state index contributed by atoms with van der Waals surface area (Å²) in [6, 6.07) is 21.7. The zero-order valence-corrected chi connectivity index (χ0v) is 22.1. The third-order valence-corrected chi connectivity index (χ3v) is 6.88. The predicted molar refractivity (Wildman–Crippen MR) is 146 cm³/mol. The normalized spacial score (nSPS) is 11.7. The molecule has 0 aliphatic heterocycles. The van der Waals surface area contributed by atoms with Crippen molar-refractivity contribution in [1.82, 2.24) is 10.2 Å². The van der Waals surface area contributed by atoms with E-state index in [0.29, 0.717) is 24.3 Å². The first-order valence-corrected chi connectivity index (χ1v) is 13.5. The van der Waals surface area contributed by atoms with Crippen LogP contribution in [0.2, 0.25) is 0 Å². The molecule has 0 aromatic heterocycles. The van der Waals surface area contributed by atoms with E-state index in [-0.39, 0.29) is 29.9 Å². The zero-order valence-electron chi connectivity index (χ0n) is 21.3. The van der Waals surface area contributed by atoms with Gasteiger partial charge in [0.25, 0.3) is 0 Å². The molecule has 0 spiro atoms. The molecule has 2 amide bonds. The van der Waals surface area contributed by atoms with E-state index in [2.05, 4.69) is 37.4 Å². The Morgan fingerprint density at radius 3 is 2.28 bits per heavy atom. The molecule has 6 heteroatoms. The van der Waals surface area contributed by atoms with Crippen LogP contribution in [0.3, 0.4) is 0 Å². The molecule has 0 aliphatic carbocycles. The van der Waals surface area contributed by atoms with E-state index >= 15 is 0 Å². The molecule has 0 unspecified atom stereocenters. The van der Waals surface area contributed by atoms with Crippen LogP contribution in [-0.2, 0) is 28.3 Å². The van der Waals surface area contributed by atoms with Crippen molar-refractivity contribution in [1.29, 1.82) is 0 Å². The fourth-order valence-electron chi connectivity index (χ4n) is 4.22. The third-order valence-electron chi connectivity index (χ3n) is 5.89. The van der Waals surface area contributed by atoms with E-state index in [9.17, 15) is 14.0 Å². The quantitative estimate of drug-likeness (QED) is 0.336. The Balaban J connectivity index is 1.84. The van der Waals surface area contributed by atoms with E-state index in [1.807, 2.05) is 37.3 Å². The summed E-state index contributed by atoms with van der Waals surface area (Å²) in [4.78, 5) is 28.4. The average Bonchev–Trinajstić information content (AvgIpc) is 2.85. The highest BCUT2D eigenvalue weighted by Gasteiger charge is 2.30. The van der Waals surface area contributed by atoms with Crippen molar-refractivity contribution < 1.29 is 14.0 Å². The number of carbonyl (C=O) groups is 2. The molecule has 0 radical (unpaired) electrons. The van der Waals surface area contributed by atoms with Crippen molar-refractivity contribution in [3.8, 4) is 0 Å². The summed E-state index contributed by atoms with van der Waals surface area (Å²) < 4.78 is 14.6. The second-order valence-corrected chi connectivity index (χ2v) is 10.1. The molecule has 1 atom stereocenters. The smallest absolute Gasteiger partial charge is 0.243 e. The lowest BCUT2D eigenvalue weighted by Gasteiger charge is -2.31. The summed E-state index contributed by atoms with van der Waals surface area (Å²) in [5.41, 5.74) is 4.88. The monoisotopic (exact) mass is 506 g/mol. The Labute approximate surface area is 218 Å². The Kier molecular flexibility index (Phi) is 10.6. The molecule has 0 aliphatic rings. The van der Waals surface area contributed by atoms with Gasteiger partial charge in [0.2, 0.25) is 11.8 Å². The van der Waals surface area contributed by atoms with Gasteiger partial charge in [-0.2, -0.15) is 0 Å². The first-order chi connectivity index (χ1) is 17.4. The first-order valence-electron chi connectivity index (χ1n) is 12.4. The van der Waals surface area contributed by atoms with Gasteiger partial charge in [-0.25, -0.2) is 4.39 Å². The number of rotatable bonds is 12. The maximum absolute atomic E-state index is 14.6. The van der Waals surface area contributed by atoms with Gasteiger partial charge < -0.3 is 10.2 Å². The van der Waals surface area contributed by atoms with Crippen LogP contribution in [0.25, 0.3) is 0 Å². The van der Waals surface area contributed by atoms with E-state index in [1.54, 1.807) is 23.1 Å². The molecule has 0 saturated carbocycles. The predicted octanol–water partition coefficient (Wildman–Crippen LogP) is 5.84. The number of benzene rings is 3. The molecule has 1 N–H and O–H groups in total. The van der Waals surface area contributed by atoms with Gasteiger partial charge in [-0.05, 0) is 37.5 Å². The van der Waals surface area contributed by atoms with Crippen molar-refractivity contribution in [2.45, 2.75) is 52.0 Å². The average molecular weight is 507 g/mol. The Bertz CT molecular complexity index is 1130. The number of hydrogen-bond donors (Lipinski definition) is 1. The van der Waals surface area contributed by atoms with Crippen LogP contribution in [0.5, 0.6) is 0 Å². The fraction of sp³-hybridized carbons (Fsp3) is 0.333. The molecule has 36 heavy (non-hydrogen) atoms. The van der Waals surface area contributed by atoms with Crippen LogP contribution in [-0.4, -0.2) is 35.1 Å². The number of amides is 2. The lowest BCUT2D eigenvalue weighted by atomic mass is 10.0. The molecule has 4 nitrogen and oxygen atoms in total. The molecular weight excluding hydrogens is 471 g/mol. The van der Waals surface area contributed by atoms with Gasteiger partial charge in [0.05, 0.1) is 5.75 Å². The molecule has 3 aromatic carbocycles. The molecule has 190 valence electrons. The van der Waals surface area contributed by atoms with Crippen molar-refractivity contribution >= 4 is 23.6 Å². The van der Waals surface area contributed by atoms with E-state index < -0.39 is 6.04 Å². The Hall–Kier alpha value is -3.12. The fourth-order valence-corrected chi connectivity index (χ4v) is 5.07. The summed E-state index contributed by atoms with van der Waals surface area (Å²) >= 11 is 1.51. The number of hydrogen-bond acceptors (Lipinski definition) is 3. The summed E-state index contributed by atoms with van der Waals surface area (Å²) in [7, 11) is 0. The second kappa shape index (κ2) is 13.8. The van der Waals surface area contributed by atoms with Crippen LogP contribution in [0.15, 0.2) is 72.8 Å². The van der Waals surface area contributed by atoms with Crippen LogP contribution in [0.1, 0.15) is 41.2 Å². The molecule has 0 heterocycles. The SMILES string of the molecule is CCCNC(=O)[C@@H](Cc1ccccc1)N(Cc1ccccc1F)C(=O)CSCc1cc(C)cc(C)c1. The molecule has 0 saturated heterocycles. The summed E-state index contributed by atoms with van der Waals surface area (Å²) in [6.45, 7) is 6.66. The Morgan fingerprint density at radius 1 is 0.944 bits per heavy atom. The minimum atomic E-state index is -0.743. The van der Waals surface area contributed by atoms with Gasteiger partial charge in [-0.15, -0.1) is 11.8 Å². The molecular formula is C30H35FN2O2S. The second-order valence-electron chi connectivity index (χ2n) is 9.10. The highest BCUT2D eigenvalue weighted by molar-refractivity contribution is 7.99. The molecule has 0 fully saturated rings. The van der Waals surface area contributed by atoms with Gasteiger partial charge in [-0.3, -0.25) is 9.59 Å². The van der Waals surface area contributed by atoms with E-state index in [4.69, 9.17) is 0 Å². The highest BCUT2D eigenvalue weighted by atomic mass is 32.2. The standard InChI is InChI=1S/C30H35FN2O2S/c1-4-14-32-30(35)28(18-24-10-6-5-7-11-24)33(19-26-12-8-9-13-27(26)31)29(34)21-36-20-25-16-22(2)15-23(3)17-25/h5-13,15-17,28H,4,14,18-21H2,1-3H3,(H,32,35)/t28-/m1/s1.